The number of nitrogen functional groups attached to an aromatic ring is 1. The van der Waals surface area contributed by atoms with Crippen molar-refractivity contribution in [3.63, 3.8) is 0 Å². The molecule has 3 nitrogen and oxygen atoms in total. The molecule has 0 unspecified atom stereocenters. The third-order valence-electron chi connectivity index (χ3n) is 2.52. The number of fused-ring (bicyclic) bond motifs is 1. The van der Waals surface area contributed by atoms with Crippen LogP contribution in [0, 0.1) is 0 Å². The lowest BCUT2D eigenvalue weighted by molar-refractivity contribution is 0.454. The summed E-state index contributed by atoms with van der Waals surface area (Å²) in [5, 5.41) is 4.80. The van der Waals surface area contributed by atoms with Gasteiger partial charge in [-0.15, -0.1) is 0 Å². The first-order valence-electron chi connectivity index (χ1n) is 4.48. The SMILES string of the molecule is Nc1cc(C2CC2)c2oncc2c1. The molecule has 13 heavy (non-hydrogen) atoms. The maximum Gasteiger partial charge on any atom is 0.170 e. The molecule has 1 fully saturated rings. The Kier molecular flexibility index (Phi) is 1.20. The highest BCUT2D eigenvalue weighted by Crippen LogP contribution is 2.43. The van der Waals surface area contributed by atoms with Crippen LogP contribution in [0.5, 0.6) is 0 Å². The number of hydrogen-bond donors (Lipinski definition) is 1. The summed E-state index contributed by atoms with van der Waals surface area (Å²) < 4.78 is 5.20. The molecule has 1 aliphatic rings. The van der Waals surface area contributed by atoms with Gasteiger partial charge in [-0.25, -0.2) is 0 Å². The zero-order valence-corrected chi connectivity index (χ0v) is 7.16. The summed E-state index contributed by atoms with van der Waals surface area (Å²) in [6.45, 7) is 0. The van der Waals surface area contributed by atoms with Crippen LogP contribution in [0.3, 0.4) is 0 Å². The number of aromatic nitrogens is 1. The van der Waals surface area contributed by atoms with Crippen LogP contribution < -0.4 is 5.73 Å². The van der Waals surface area contributed by atoms with E-state index >= 15 is 0 Å². The van der Waals surface area contributed by atoms with Crippen LogP contribution in [0.2, 0.25) is 0 Å². The van der Waals surface area contributed by atoms with Crippen molar-refractivity contribution in [1.29, 1.82) is 0 Å². The molecule has 1 saturated carbocycles. The fourth-order valence-corrected chi connectivity index (χ4v) is 1.73. The van der Waals surface area contributed by atoms with Gasteiger partial charge in [0.15, 0.2) is 5.58 Å². The van der Waals surface area contributed by atoms with E-state index in [1.165, 1.54) is 18.4 Å². The van der Waals surface area contributed by atoms with Gasteiger partial charge < -0.3 is 10.3 Å². The molecule has 0 aliphatic heterocycles. The Morgan fingerprint density at radius 3 is 3.00 bits per heavy atom. The van der Waals surface area contributed by atoms with E-state index in [9.17, 15) is 0 Å². The molecule has 3 rings (SSSR count). The molecule has 0 atom stereocenters. The van der Waals surface area contributed by atoms with Crippen LogP contribution in [0.4, 0.5) is 5.69 Å². The molecule has 0 radical (unpaired) electrons. The summed E-state index contributed by atoms with van der Waals surface area (Å²) in [4.78, 5) is 0. The summed E-state index contributed by atoms with van der Waals surface area (Å²) >= 11 is 0. The molecule has 0 spiro atoms. The number of nitrogens with two attached hydrogens (primary N) is 1. The molecular formula is C10H10N2O. The van der Waals surface area contributed by atoms with Gasteiger partial charge in [0.2, 0.25) is 0 Å². The van der Waals surface area contributed by atoms with Crippen LogP contribution in [0.25, 0.3) is 11.0 Å². The van der Waals surface area contributed by atoms with Crippen molar-refractivity contribution in [3.05, 3.63) is 23.9 Å². The van der Waals surface area contributed by atoms with E-state index in [4.69, 9.17) is 10.3 Å². The minimum atomic E-state index is 0.652. The minimum Gasteiger partial charge on any atom is -0.399 e. The van der Waals surface area contributed by atoms with Crippen LogP contribution in [0.15, 0.2) is 22.9 Å². The first-order chi connectivity index (χ1) is 6.34. The first kappa shape index (κ1) is 6.95. The van der Waals surface area contributed by atoms with Crippen molar-refractivity contribution < 1.29 is 4.52 Å². The Labute approximate surface area is 75.5 Å². The molecule has 1 aliphatic carbocycles. The summed E-state index contributed by atoms with van der Waals surface area (Å²) in [6.07, 6.45) is 4.22. The molecule has 66 valence electrons. The average molecular weight is 174 g/mol. The van der Waals surface area contributed by atoms with Gasteiger partial charge in [-0.3, -0.25) is 0 Å². The van der Waals surface area contributed by atoms with E-state index in [0.717, 1.165) is 16.7 Å². The van der Waals surface area contributed by atoms with Gasteiger partial charge >= 0.3 is 0 Å². The van der Waals surface area contributed by atoms with E-state index in [-0.39, 0.29) is 0 Å². The zero-order chi connectivity index (χ0) is 8.84. The predicted octanol–water partition coefficient (Wildman–Crippen LogP) is 2.29. The number of anilines is 1. The number of benzene rings is 1. The van der Waals surface area contributed by atoms with Crippen LogP contribution in [0.1, 0.15) is 24.3 Å². The second-order valence-corrected chi connectivity index (χ2v) is 3.63. The Balaban J connectivity index is 2.33. The second kappa shape index (κ2) is 2.25. The summed E-state index contributed by atoms with van der Waals surface area (Å²) in [5.74, 6) is 0.652. The third-order valence-corrected chi connectivity index (χ3v) is 2.52. The van der Waals surface area contributed by atoms with Crippen molar-refractivity contribution >= 4 is 16.7 Å². The highest BCUT2D eigenvalue weighted by atomic mass is 16.5. The topological polar surface area (TPSA) is 52.0 Å². The first-order valence-corrected chi connectivity index (χ1v) is 4.48. The minimum absolute atomic E-state index is 0.652. The third kappa shape index (κ3) is 1.00. The van der Waals surface area contributed by atoms with Crippen LogP contribution in [-0.2, 0) is 0 Å². The van der Waals surface area contributed by atoms with Gasteiger partial charge in [0, 0.05) is 16.6 Å². The van der Waals surface area contributed by atoms with Crippen LogP contribution >= 0.6 is 0 Å². The van der Waals surface area contributed by atoms with E-state index in [1.807, 2.05) is 12.1 Å². The molecule has 3 heteroatoms. The second-order valence-electron chi connectivity index (χ2n) is 3.63. The van der Waals surface area contributed by atoms with Gasteiger partial charge in [0.1, 0.15) is 0 Å². The van der Waals surface area contributed by atoms with Gasteiger partial charge in [-0.1, -0.05) is 5.16 Å². The predicted molar refractivity (Wildman–Crippen MR) is 50.4 cm³/mol. The van der Waals surface area contributed by atoms with Crippen molar-refractivity contribution in [1.82, 2.24) is 5.16 Å². The van der Waals surface area contributed by atoms with Gasteiger partial charge in [0.05, 0.1) is 6.20 Å². The quantitative estimate of drug-likeness (QED) is 0.675. The number of rotatable bonds is 1. The average Bonchev–Trinajstić information content (AvgIpc) is 2.84. The summed E-state index contributed by atoms with van der Waals surface area (Å²) in [6, 6.07) is 3.91. The Bertz CT molecular complexity index is 457. The largest absolute Gasteiger partial charge is 0.399 e. The molecule has 2 N–H and O–H groups in total. The van der Waals surface area contributed by atoms with E-state index in [1.54, 1.807) is 6.20 Å². The highest BCUT2D eigenvalue weighted by molar-refractivity contribution is 5.83. The molecule has 2 aromatic rings. The molecule has 1 aromatic heterocycles. The lowest BCUT2D eigenvalue weighted by Crippen LogP contribution is -1.87. The molecule has 1 aromatic carbocycles. The zero-order valence-electron chi connectivity index (χ0n) is 7.16. The Morgan fingerprint density at radius 2 is 2.23 bits per heavy atom. The summed E-state index contributed by atoms with van der Waals surface area (Å²) in [5.41, 5.74) is 8.73. The van der Waals surface area contributed by atoms with Crippen molar-refractivity contribution in [2.45, 2.75) is 18.8 Å². The van der Waals surface area contributed by atoms with E-state index < -0.39 is 0 Å². The molecular weight excluding hydrogens is 164 g/mol. The monoisotopic (exact) mass is 174 g/mol. The fraction of sp³-hybridized carbons (Fsp3) is 0.300. The molecule has 0 saturated heterocycles. The van der Waals surface area contributed by atoms with Gasteiger partial charge in [0.25, 0.3) is 0 Å². The van der Waals surface area contributed by atoms with Crippen molar-refractivity contribution in [2.75, 3.05) is 5.73 Å². The fourth-order valence-electron chi connectivity index (χ4n) is 1.73. The smallest absolute Gasteiger partial charge is 0.170 e. The highest BCUT2D eigenvalue weighted by Gasteiger charge is 2.27. The van der Waals surface area contributed by atoms with Crippen LogP contribution in [-0.4, -0.2) is 5.16 Å². The lowest BCUT2D eigenvalue weighted by atomic mass is 10.1. The normalized spacial score (nSPS) is 16.6. The van der Waals surface area contributed by atoms with Gasteiger partial charge in [-0.2, -0.15) is 0 Å². The molecule has 0 bridgehead atoms. The molecule has 0 amide bonds. The molecule has 1 heterocycles. The standard InChI is InChI=1S/C10H10N2O/c11-8-3-7-5-12-13-10(7)9(4-8)6-1-2-6/h3-6H,1-2,11H2. The van der Waals surface area contributed by atoms with E-state index in [2.05, 4.69) is 5.16 Å². The lowest BCUT2D eigenvalue weighted by Gasteiger charge is -1.99. The maximum absolute atomic E-state index is 5.78. The maximum atomic E-state index is 5.78. The van der Waals surface area contributed by atoms with Crippen molar-refractivity contribution in [3.8, 4) is 0 Å². The van der Waals surface area contributed by atoms with E-state index in [0.29, 0.717) is 5.92 Å². The van der Waals surface area contributed by atoms with Crippen molar-refractivity contribution in [2.24, 2.45) is 0 Å². The summed E-state index contributed by atoms with van der Waals surface area (Å²) in [7, 11) is 0. The number of hydrogen-bond acceptors (Lipinski definition) is 3. The van der Waals surface area contributed by atoms with Gasteiger partial charge in [-0.05, 0) is 30.9 Å². The Morgan fingerprint density at radius 1 is 1.38 bits per heavy atom. The Hall–Kier alpha value is -1.51. The number of nitrogens with zero attached hydrogens (tertiary/aromatic N) is 1.